The van der Waals surface area contributed by atoms with E-state index in [1.807, 2.05) is 0 Å². The van der Waals surface area contributed by atoms with Crippen LogP contribution in [0.3, 0.4) is 0 Å². The summed E-state index contributed by atoms with van der Waals surface area (Å²) < 4.78 is 26.4. The third-order valence-corrected chi connectivity index (χ3v) is 4.22. The Morgan fingerprint density at radius 2 is 1.94 bits per heavy atom. The predicted octanol–water partition coefficient (Wildman–Crippen LogP) is 2.29. The molecule has 1 saturated carbocycles. The average Bonchev–Trinajstić information content (AvgIpc) is 3.10. The lowest BCUT2D eigenvalue weighted by Crippen LogP contribution is -2.25. The van der Waals surface area contributed by atoms with Gasteiger partial charge < -0.3 is 5.32 Å². The molecule has 1 aliphatic rings. The summed E-state index contributed by atoms with van der Waals surface area (Å²) in [6.07, 6.45) is 1.85. The largest absolute Gasteiger partial charge is 0.380 e. The lowest BCUT2D eigenvalue weighted by atomic mass is 10.3. The second-order valence-electron chi connectivity index (χ2n) is 4.29. The van der Waals surface area contributed by atoms with E-state index in [0.29, 0.717) is 11.6 Å². The van der Waals surface area contributed by atoms with Gasteiger partial charge in [0, 0.05) is 16.8 Å². The second-order valence-corrected chi connectivity index (χ2v) is 6.54. The van der Waals surface area contributed by atoms with Crippen LogP contribution in [0.5, 0.6) is 0 Å². The van der Waals surface area contributed by atoms with E-state index in [-0.39, 0.29) is 10.9 Å². The smallest absolute Gasteiger partial charge is 0.240 e. The van der Waals surface area contributed by atoms with Crippen molar-refractivity contribution in [3.05, 3.63) is 35.9 Å². The van der Waals surface area contributed by atoms with E-state index in [1.54, 1.807) is 24.3 Å². The van der Waals surface area contributed by atoms with Crippen LogP contribution in [-0.2, 0) is 10.0 Å². The average molecular weight is 287 g/mol. The van der Waals surface area contributed by atoms with Crippen molar-refractivity contribution in [2.75, 3.05) is 11.9 Å². The van der Waals surface area contributed by atoms with Crippen molar-refractivity contribution >= 4 is 27.3 Å². The Kier molecular flexibility index (Phi) is 3.94. The molecule has 0 aromatic heterocycles. The molecule has 0 heterocycles. The molecule has 1 fully saturated rings. The molecule has 0 atom stereocenters. The fourth-order valence-corrected chi connectivity index (χ4v) is 2.81. The monoisotopic (exact) mass is 286 g/mol. The molecule has 0 radical (unpaired) electrons. The Labute approximate surface area is 112 Å². The first kappa shape index (κ1) is 13.4. The van der Waals surface area contributed by atoms with Crippen LogP contribution in [0.2, 0.25) is 0 Å². The zero-order valence-corrected chi connectivity index (χ0v) is 11.4. The number of hydrogen-bond acceptors (Lipinski definition) is 3. The van der Waals surface area contributed by atoms with E-state index < -0.39 is 10.0 Å². The van der Waals surface area contributed by atoms with Gasteiger partial charge in [-0.05, 0) is 37.1 Å². The maximum Gasteiger partial charge on any atom is 0.240 e. The van der Waals surface area contributed by atoms with Gasteiger partial charge in [0.2, 0.25) is 10.0 Å². The van der Waals surface area contributed by atoms with Crippen LogP contribution in [-0.4, -0.2) is 21.0 Å². The molecule has 0 bridgehead atoms. The minimum atomic E-state index is -3.37. The summed E-state index contributed by atoms with van der Waals surface area (Å²) in [5.41, 5.74) is 0.808. The molecule has 98 valence electrons. The summed E-state index contributed by atoms with van der Waals surface area (Å²) in [7, 11) is -3.37. The molecule has 0 amide bonds. The van der Waals surface area contributed by atoms with Gasteiger partial charge in [-0.15, -0.1) is 0 Å². The number of nitrogens with one attached hydrogen (secondary N) is 2. The highest BCUT2D eigenvalue weighted by Gasteiger charge is 2.27. The third kappa shape index (κ3) is 3.73. The lowest BCUT2D eigenvalue weighted by Gasteiger charge is -2.08. The molecule has 1 aromatic rings. The molecule has 2 rings (SSSR count). The summed E-state index contributed by atoms with van der Waals surface area (Å²) in [5.74, 6) is 0. The minimum absolute atomic E-state index is 0.118. The van der Waals surface area contributed by atoms with Gasteiger partial charge in [-0.1, -0.05) is 18.2 Å². The van der Waals surface area contributed by atoms with Gasteiger partial charge >= 0.3 is 0 Å². The first-order chi connectivity index (χ1) is 8.47. The lowest BCUT2D eigenvalue weighted by molar-refractivity contribution is 0.581. The summed E-state index contributed by atoms with van der Waals surface area (Å²) in [6, 6.07) is 6.68. The number of sulfonamides is 1. The Hall–Kier alpha value is -1.04. The highest BCUT2D eigenvalue weighted by molar-refractivity contribution is 7.89. The molecule has 18 heavy (non-hydrogen) atoms. The van der Waals surface area contributed by atoms with E-state index in [9.17, 15) is 8.42 Å². The van der Waals surface area contributed by atoms with Crippen molar-refractivity contribution in [3.63, 3.8) is 0 Å². The number of benzene rings is 1. The van der Waals surface area contributed by atoms with Gasteiger partial charge in [-0.2, -0.15) is 0 Å². The Morgan fingerprint density at radius 3 is 2.44 bits per heavy atom. The second kappa shape index (κ2) is 5.30. The maximum absolute atomic E-state index is 11.9. The summed E-state index contributed by atoms with van der Waals surface area (Å²) in [6.45, 7) is 4.02. The van der Waals surface area contributed by atoms with Gasteiger partial charge in [-0.3, -0.25) is 0 Å². The quantitative estimate of drug-likeness (QED) is 0.843. The maximum atomic E-state index is 11.9. The van der Waals surface area contributed by atoms with Crippen LogP contribution in [0.4, 0.5) is 5.69 Å². The molecular weight excluding hydrogens is 272 g/mol. The van der Waals surface area contributed by atoms with E-state index in [2.05, 4.69) is 16.6 Å². The van der Waals surface area contributed by atoms with Gasteiger partial charge in [0.15, 0.2) is 0 Å². The molecule has 0 aliphatic heterocycles. The molecule has 2 N–H and O–H groups in total. The van der Waals surface area contributed by atoms with E-state index in [0.717, 1.165) is 18.5 Å². The molecule has 0 saturated heterocycles. The molecule has 0 unspecified atom stereocenters. The number of rotatable bonds is 6. The minimum Gasteiger partial charge on any atom is -0.380 e. The molecule has 6 heteroatoms. The fraction of sp³-hybridized carbons (Fsp3) is 0.333. The first-order valence-corrected chi connectivity index (χ1v) is 7.53. The first-order valence-electron chi connectivity index (χ1n) is 5.67. The predicted molar refractivity (Wildman–Crippen MR) is 73.3 cm³/mol. The number of halogens is 1. The van der Waals surface area contributed by atoms with Crippen molar-refractivity contribution in [1.29, 1.82) is 0 Å². The number of anilines is 1. The van der Waals surface area contributed by atoms with Gasteiger partial charge in [0.05, 0.1) is 11.4 Å². The highest BCUT2D eigenvalue weighted by Crippen LogP contribution is 2.22. The molecule has 0 spiro atoms. The van der Waals surface area contributed by atoms with Crippen LogP contribution >= 0.6 is 11.6 Å². The van der Waals surface area contributed by atoms with Crippen molar-refractivity contribution in [3.8, 4) is 0 Å². The number of hydrogen-bond donors (Lipinski definition) is 2. The Morgan fingerprint density at radius 1 is 1.33 bits per heavy atom. The Bertz CT molecular complexity index is 536. The zero-order chi connectivity index (χ0) is 13.2. The van der Waals surface area contributed by atoms with Crippen LogP contribution < -0.4 is 10.0 Å². The van der Waals surface area contributed by atoms with Crippen molar-refractivity contribution in [1.82, 2.24) is 4.72 Å². The van der Waals surface area contributed by atoms with E-state index >= 15 is 0 Å². The van der Waals surface area contributed by atoms with Crippen molar-refractivity contribution < 1.29 is 8.42 Å². The summed E-state index contributed by atoms with van der Waals surface area (Å²) >= 11 is 5.63. The van der Waals surface area contributed by atoms with Crippen LogP contribution in [0.25, 0.3) is 0 Å². The van der Waals surface area contributed by atoms with E-state index in [4.69, 9.17) is 11.6 Å². The van der Waals surface area contributed by atoms with Gasteiger partial charge in [-0.25, -0.2) is 13.1 Å². The molecule has 1 aliphatic carbocycles. The summed E-state index contributed by atoms with van der Waals surface area (Å²) in [5, 5.41) is 3.53. The summed E-state index contributed by atoms with van der Waals surface area (Å²) in [4.78, 5) is 0.282. The van der Waals surface area contributed by atoms with Gasteiger partial charge in [0.25, 0.3) is 0 Å². The Balaban J connectivity index is 2.04. The standard InChI is InChI=1S/C12H15ClN2O2S/c1-9(13)8-14-10-4-6-12(7-5-10)18(16,17)15-11-2-3-11/h4-7,11,14-15H,1-3,8H2. The molecule has 1 aromatic carbocycles. The zero-order valence-electron chi connectivity index (χ0n) is 9.82. The molecular formula is C12H15ClN2O2S. The van der Waals surface area contributed by atoms with Crippen molar-refractivity contribution in [2.24, 2.45) is 0 Å². The topological polar surface area (TPSA) is 58.2 Å². The normalized spacial score (nSPS) is 15.4. The third-order valence-electron chi connectivity index (χ3n) is 2.55. The van der Waals surface area contributed by atoms with Crippen LogP contribution in [0.1, 0.15) is 12.8 Å². The van der Waals surface area contributed by atoms with Gasteiger partial charge in [0.1, 0.15) is 0 Å². The van der Waals surface area contributed by atoms with Crippen molar-refractivity contribution in [2.45, 2.75) is 23.8 Å². The SMILES string of the molecule is C=C(Cl)CNc1ccc(S(=O)(=O)NC2CC2)cc1. The van der Waals surface area contributed by atoms with Crippen LogP contribution in [0.15, 0.2) is 40.8 Å². The fourth-order valence-electron chi connectivity index (χ4n) is 1.44. The van der Waals surface area contributed by atoms with Crippen LogP contribution in [0, 0.1) is 0 Å². The highest BCUT2D eigenvalue weighted by atomic mass is 35.5. The van der Waals surface area contributed by atoms with E-state index in [1.165, 1.54) is 0 Å². The molecule has 4 nitrogen and oxygen atoms in total.